The molecular weight excluding hydrogens is 236 g/mol. The molecule has 3 rings (SSSR count). The summed E-state index contributed by atoms with van der Waals surface area (Å²) in [5.41, 5.74) is 3.00. The van der Waals surface area contributed by atoms with Crippen molar-refractivity contribution >= 4 is 5.97 Å². The van der Waals surface area contributed by atoms with Gasteiger partial charge < -0.3 is 4.74 Å². The van der Waals surface area contributed by atoms with Gasteiger partial charge in [0, 0.05) is 17.4 Å². The zero-order chi connectivity index (χ0) is 13.7. The second kappa shape index (κ2) is 3.96. The molecule has 2 aliphatic carbocycles. The lowest BCUT2D eigenvalue weighted by molar-refractivity contribution is -0.162. The molecule has 0 bridgehead atoms. The Morgan fingerprint density at radius 2 is 1.79 bits per heavy atom. The van der Waals surface area contributed by atoms with E-state index >= 15 is 0 Å². The van der Waals surface area contributed by atoms with Crippen LogP contribution in [0.5, 0.6) is 0 Å². The van der Waals surface area contributed by atoms with Crippen molar-refractivity contribution in [2.75, 3.05) is 0 Å². The lowest BCUT2D eigenvalue weighted by atomic mass is 9.70. The van der Waals surface area contributed by atoms with E-state index in [1.807, 2.05) is 0 Å². The van der Waals surface area contributed by atoms with Gasteiger partial charge in [-0.2, -0.15) is 0 Å². The summed E-state index contributed by atoms with van der Waals surface area (Å²) >= 11 is 0. The molecule has 100 valence electrons. The molecule has 1 unspecified atom stereocenters. The average Bonchev–Trinajstić information content (AvgIpc) is 3.12. The van der Waals surface area contributed by atoms with Crippen LogP contribution in [-0.2, 0) is 22.4 Å². The molecule has 19 heavy (non-hydrogen) atoms. The standard InChI is InChI=1S/C17H20O2/c1-12(2)15(18)19-16(3)10-13-6-4-5-7-14(13)11-17(16)8-9-17/h4-7H,1,8-11H2,2-3H3. The Labute approximate surface area is 114 Å². The smallest absolute Gasteiger partial charge is 0.333 e. The lowest BCUT2D eigenvalue weighted by Crippen LogP contribution is -2.47. The van der Waals surface area contributed by atoms with Gasteiger partial charge >= 0.3 is 5.97 Å². The second-order valence-electron chi connectivity index (χ2n) is 6.30. The molecule has 2 heteroatoms. The van der Waals surface area contributed by atoms with Gasteiger partial charge in [0.15, 0.2) is 0 Å². The molecule has 1 saturated carbocycles. The molecule has 1 atom stereocenters. The summed E-state index contributed by atoms with van der Waals surface area (Å²) in [6, 6.07) is 8.51. The van der Waals surface area contributed by atoms with E-state index < -0.39 is 0 Å². The van der Waals surface area contributed by atoms with E-state index in [0.717, 1.165) is 25.7 Å². The molecule has 0 amide bonds. The molecule has 0 heterocycles. The Morgan fingerprint density at radius 1 is 1.21 bits per heavy atom. The van der Waals surface area contributed by atoms with Crippen molar-refractivity contribution in [1.82, 2.24) is 0 Å². The van der Waals surface area contributed by atoms with E-state index in [4.69, 9.17) is 4.74 Å². The summed E-state index contributed by atoms with van der Waals surface area (Å²) < 4.78 is 5.84. The number of carbonyl (C=O) groups is 1. The summed E-state index contributed by atoms with van der Waals surface area (Å²) in [5.74, 6) is -0.256. The van der Waals surface area contributed by atoms with Crippen molar-refractivity contribution < 1.29 is 9.53 Å². The number of carbonyl (C=O) groups excluding carboxylic acids is 1. The maximum Gasteiger partial charge on any atom is 0.333 e. The van der Waals surface area contributed by atoms with E-state index in [1.165, 1.54) is 11.1 Å². The highest BCUT2D eigenvalue weighted by Gasteiger charge is 2.61. The van der Waals surface area contributed by atoms with Crippen LogP contribution in [0.2, 0.25) is 0 Å². The summed E-state index contributed by atoms with van der Waals surface area (Å²) in [6.07, 6.45) is 4.16. The van der Waals surface area contributed by atoms with Crippen LogP contribution >= 0.6 is 0 Å². The first-order valence-electron chi connectivity index (χ1n) is 6.91. The highest BCUT2D eigenvalue weighted by Crippen LogP contribution is 2.61. The van der Waals surface area contributed by atoms with Crippen molar-refractivity contribution in [2.45, 2.75) is 45.1 Å². The van der Waals surface area contributed by atoms with E-state index in [9.17, 15) is 4.79 Å². The van der Waals surface area contributed by atoms with Gasteiger partial charge in [-0.05, 0) is 44.2 Å². The Kier molecular flexibility index (Phi) is 2.60. The molecule has 1 aromatic carbocycles. The molecule has 1 fully saturated rings. The maximum atomic E-state index is 11.9. The van der Waals surface area contributed by atoms with Crippen molar-refractivity contribution in [3.8, 4) is 0 Å². The molecule has 0 N–H and O–H groups in total. The van der Waals surface area contributed by atoms with Crippen LogP contribution in [0, 0.1) is 5.41 Å². The zero-order valence-corrected chi connectivity index (χ0v) is 11.7. The molecule has 0 aliphatic heterocycles. The van der Waals surface area contributed by atoms with Gasteiger partial charge in [0.25, 0.3) is 0 Å². The average molecular weight is 256 g/mol. The molecule has 0 radical (unpaired) electrons. The third-order valence-corrected chi connectivity index (χ3v) is 4.82. The molecule has 1 spiro atoms. The van der Waals surface area contributed by atoms with Gasteiger partial charge in [-0.3, -0.25) is 0 Å². The van der Waals surface area contributed by atoms with Gasteiger partial charge in [0.2, 0.25) is 0 Å². The van der Waals surface area contributed by atoms with E-state index in [-0.39, 0.29) is 17.0 Å². The number of benzene rings is 1. The SMILES string of the molecule is C=C(C)C(=O)OC1(C)Cc2ccccc2CC12CC2. The van der Waals surface area contributed by atoms with Crippen molar-refractivity contribution in [3.05, 3.63) is 47.5 Å². The van der Waals surface area contributed by atoms with Crippen molar-refractivity contribution in [2.24, 2.45) is 5.41 Å². The predicted molar refractivity (Wildman–Crippen MR) is 74.8 cm³/mol. The fourth-order valence-electron chi connectivity index (χ4n) is 3.30. The first-order chi connectivity index (χ1) is 8.96. The number of esters is 1. The number of hydrogen-bond acceptors (Lipinski definition) is 2. The van der Waals surface area contributed by atoms with Crippen LogP contribution in [0.4, 0.5) is 0 Å². The number of ether oxygens (including phenoxy) is 1. The Morgan fingerprint density at radius 3 is 2.32 bits per heavy atom. The topological polar surface area (TPSA) is 26.3 Å². The van der Waals surface area contributed by atoms with Crippen LogP contribution in [0.1, 0.15) is 37.8 Å². The largest absolute Gasteiger partial charge is 0.455 e. The van der Waals surface area contributed by atoms with Crippen LogP contribution < -0.4 is 0 Å². The first-order valence-corrected chi connectivity index (χ1v) is 6.91. The highest BCUT2D eigenvalue weighted by atomic mass is 16.6. The fourth-order valence-corrected chi connectivity index (χ4v) is 3.30. The summed E-state index contributed by atoms with van der Waals surface area (Å²) in [7, 11) is 0. The van der Waals surface area contributed by atoms with Crippen molar-refractivity contribution in [3.63, 3.8) is 0 Å². The van der Waals surface area contributed by atoms with E-state index in [0.29, 0.717) is 5.57 Å². The summed E-state index contributed by atoms with van der Waals surface area (Å²) in [5, 5.41) is 0. The van der Waals surface area contributed by atoms with Gasteiger partial charge in [0.05, 0.1) is 0 Å². The molecule has 0 saturated heterocycles. The number of rotatable bonds is 2. The highest BCUT2D eigenvalue weighted by molar-refractivity contribution is 5.87. The van der Waals surface area contributed by atoms with Crippen LogP contribution in [-0.4, -0.2) is 11.6 Å². The molecular formula is C17H20O2. The first kappa shape index (κ1) is 12.5. The Balaban J connectivity index is 1.94. The van der Waals surface area contributed by atoms with E-state index in [2.05, 4.69) is 37.8 Å². The van der Waals surface area contributed by atoms with Gasteiger partial charge in [-0.1, -0.05) is 30.8 Å². The van der Waals surface area contributed by atoms with Gasteiger partial charge in [0.1, 0.15) is 5.60 Å². The van der Waals surface area contributed by atoms with E-state index in [1.54, 1.807) is 6.92 Å². The monoisotopic (exact) mass is 256 g/mol. The molecule has 0 aromatic heterocycles. The fraction of sp³-hybridized carbons (Fsp3) is 0.471. The third kappa shape index (κ3) is 1.90. The minimum absolute atomic E-state index is 0.159. The maximum absolute atomic E-state index is 11.9. The lowest BCUT2D eigenvalue weighted by Gasteiger charge is -2.42. The summed E-state index contributed by atoms with van der Waals surface area (Å²) in [4.78, 5) is 11.9. The van der Waals surface area contributed by atoms with Crippen molar-refractivity contribution in [1.29, 1.82) is 0 Å². The van der Waals surface area contributed by atoms with Crippen LogP contribution in [0.25, 0.3) is 0 Å². The Hall–Kier alpha value is -1.57. The van der Waals surface area contributed by atoms with Crippen LogP contribution in [0.3, 0.4) is 0 Å². The third-order valence-electron chi connectivity index (χ3n) is 4.82. The normalized spacial score (nSPS) is 26.6. The Bertz CT molecular complexity index is 554. The number of fused-ring (bicyclic) bond motifs is 1. The minimum atomic E-state index is -0.378. The summed E-state index contributed by atoms with van der Waals surface area (Å²) in [6.45, 7) is 7.49. The molecule has 2 nitrogen and oxygen atoms in total. The molecule has 1 aromatic rings. The predicted octanol–water partition coefficient (Wildman–Crippen LogP) is 3.44. The zero-order valence-electron chi connectivity index (χ0n) is 11.7. The van der Waals surface area contributed by atoms with Gasteiger partial charge in [-0.25, -0.2) is 4.79 Å². The number of hydrogen-bond donors (Lipinski definition) is 0. The quantitative estimate of drug-likeness (QED) is 0.598. The minimum Gasteiger partial charge on any atom is -0.455 e. The van der Waals surface area contributed by atoms with Gasteiger partial charge in [-0.15, -0.1) is 0 Å². The second-order valence-corrected chi connectivity index (χ2v) is 6.30. The van der Waals surface area contributed by atoms with Crippen LogP contribution in [0.15, 0.2) is 36.4 Å². The molecule has 2 aliphatic rings.